The summed E-state index contributed by atoms with van der Waals surface area (Å²) in [5, 5.41) is 3.77. The summed E-state index contributed by atoms with van der Waals surface area (Å²) in [7, 11) is 0. The Balaban J connectivity index is 1.40. The van der Waals surface area contributed by atoms with Crippen molar-refractivity contribution in [2.24, 2.45) is 5.92 Å². The van der Waals surface area contributed by atoms with E-state index in [1.807, 2.05) is 0 Å². The first-order chi connectivity index (χ1) is 10.2. The van der Waals surface area contributed by atoms with Crippen LogP contribution in [0.1, 0.15) is 44.9 Å². The maximum atomic E-state index is 11.8. The molecule has 0 bridgehead atoms. The highest BCUT2D eigenvalue weighted by molar-refractivity contribution is 6.30. The molecule has 3 rings (SSSR count). The van der Waals surface area contributed by atoms with Gasteiger partial charge in [-0.25, -0.2) is 4.98 Å². The number of carbonyl (C=O) groups is 1. The Kier molecular flexibility index (Phi) is 4.63. The maximum Gasteiger partial charge on any atom is 0.220 e. The van der Waals surface area contributed by atoms with Crippen molar-refractivity contribution in [1.82, 2.24) is 10.3 Å². The minimum absolute atomic E-state index is 0.190. The van der Waals surface area contributed by atoms with Crippen LogP contribution in [-0.2, 0) is 4.79 Å². The van der Waals surface area contributed by atoms with E-state index >= 15 is 0 Å². The highest BCUT2D eigenvalue weighted by atomic mass is 35.5. The quantitative estimate of drug-likeness (QED) is 0.907. The van der Waals surface area contributed by atoms with Crippen LogP contribution in [0.2, 0.25) is 5.02 Å². The Morgan fingerprint density at radius 1 is 1.24 bits per heavy atom. The van der Waals surface area contributed by atoms with Crippen LogP contribution in [-0.4, -0.2) is 23.0 Å². The summed E-state index contributed by atoms with van der Waals surface area (Å²) in [4.78, 5) is 16.0. The highest BCUT2D eigenvalue weighted by Crippen LogP contribution is 2.32. The molecule has 2 aliphatic carbocycles. The van der Waals surface area contributed by atoms with Crippen molar-refractivity contribution in [1.29, 1.82) is 0 Å². The third kappa shape index (κ3) is 4.60. The van der Waals surface area contributed by atoms with E-state index in [0.29, 0.717) is 29.3 Å². The van der Waals surface area contributed by atoms with Gasteiger partial charge in [0, 0.05) is 24.7 Å². The average molecular weight is 309 g/mol. The van der Waals surface area contributed by atoms with Crippen molar-refractivity contribution in [2.75, 3.05) is 0 Å². The molecule has 1 aromatic rings. The topological polar surface area (TPSA) is 51.2 Å². The molecular formula is C16H21ClN2O2. The standard InChI is InChI=1S/C16H21ClN2O2/c17-12-3-8-16(18-10-12)21-14-6-4-13(5-7-14)19-15(20)9-11-1-2-11/h3,8,10-11,13-14H,1-2,4-7,9H2,(H,19,20). The molecule has 1 amide bonds. The normalized spacial score (nSPS) is 25.4. The number of nitrogens with zero attached hydrogens (tertiary/aromatic N) is 1. The molecule has 2 aliphatic rings. The van der Waals surface area contributed by atoms with Gasteiger partial charge in [-0.1, -0.05) is 11.6 Å². The number of rotatable bonds is 5. The summed E-state index contributed by atoms with van der Waals surface area (Å²) >= 11 is 5.80. The van der Waals surface area contributed by atoms with Crippen LogP contribution in [0.3, 0.4) is 0 Å². The number of nitrogens with one attached hydrogen (secondary N) is 1. The molecule has 0 radical (unpaired) electrons. The van der Waals surface area contributed by atoms with Crippen LogP contribution >= 0.6 is 11.6 Å². The van der Waals surface area contributed by atoms with Gasteiger partial charge in [-0.05, 0) is 50.5 Å². The number of aromatic nitrogens is 1. The lowest BCUT2D eigenvalue weighted by Crippen LogP contribution is -2.39. The van der Waals surface area contributed by atoms with Gasteiger partial charge in [0.05, 0.1) is 5.02 Å². The molecule has 5 heteroatoms. The van der Waals surface area contributed by atoms with Crippen molar-refractivity contribution in [2.45, 2.75) is 57.1 Å². The van der Waals surface area contributed by atoms with Gasteiger partial charge in [-0.15, -0.1) is 0 Å². The predicted octanol–water partition coefficient (Wildman–Crippen LogP) is 3.34. The molecule has 21 heavy (non-hydrogen) atoms. The Morgan fingerprint density at radius 3 is 2.62 bits per heavy atom. The van der Waals surface area contributed by atoms with Gasteiger partial charge in [-0.2, -0.15) is 0 Å². The largest absolute Gasteiger partial charge is 0.474 e. The van der Waals surface area contributed by atoms with Crippen molar-refractivity contribution in [3.8, 4) is 5.88 Å². The highest BCUT2D eigenvalue weighted by Gasteiger charge is 2.27. The van der Waals surface area contributed by atoms with Crippen LogP contribution in [0.15, 0.2) is 18.3 Å². The molecule has 2 fully saturated rings. The van der Waals surface area contributed by atoms with Crippen molar-refractivity contribution in [3.63, 3.8) is 0 Å². The molecule has 0 atom stereocenters. The minimum atomic E-state index is 0.190. The second-order valence-electron chi connectivity index (χ2n) is 6.12. The number of carbonyl (C=O) groups excluding carboxylic acids is 1. The zero-order valence-electron chi connectivity index (χ0n) is 12.1. The number of hydrogen-bond donors (Lipinski definition) is 1. The molecule has 0 aromatic carbocycles. The summed E-state index contributed by atoms with van der Waals surface area (Å²) in [6, 6.07) is 3.90. The smallest absolute Gasteiger partial charge is 0.220 e. The first-order valence-electron chi connectivity index (χ1n) is 7.76. The van der Waals surface area contributed by atoms with Crippen LogP contribution in [0.4, 0.5) is 0 Å². The number of pyridine rings is 1. The molecule has 4 nitrogen and oxygen atoms in total. The first kappa shape index (κ1) is 14.6. The van der Waals surface area contributed by atoms with Gasteiger partial charge in [0.2, 0.25) is 11.8 Å². The van der Waals surface area contributed by atoms with Crippen molar-refractivity contribution < 1.29 is 9.53 Å². The molecule has 0 aliphatic heterocycles. The van der Waals surface area contributed by atoms with Crippen LogP contribution in [0, 0.1) is 5.92 Å². The molecule has 114 valence electrons. The SMILES string of the molecule is O=C(CC1CC1)NC1CCC(Oc2ccc(Cl)cn2)CC1. The monoisotopic (exact) mass is 308 g/mol. The number of hydrogen-bond acceptors (Lipinski definition) is 3. The Bertz CT molecular complexity index is 480. The van der Waals surface area contributed by atoms with Gasteiger partial charge in [0.15, 0.2) is 0 Å². The third-order valence-corrected chi connectivity index (χ3v) is 4.42. The van der Waals surface area contributed by atoms with Crippen LogP contribution < -0.4 is 10.1 Å². The van der Waals surface area contributed by atoms with E-state index in [1.54, 1.807) is 18.3 Å². The predicted molar refractivity (Wildman–Crippen MR) is 81.4 cm³/mol. The van der Waals surface area contributed by atoms with Crippen molar-refractivity contribution in [3.05, 3.63) is 23.4 Å². The van der Waals surface area contributed by atoms with E-state index in [0.717, 1.165) is 25.7 Å². The van der Waals surface area contributed by atoms with Gasteiger partial charge in [0.25, 0.3) is 0 Å². The van der Waals surface area contributed by atoms with Crippen molar-refractivity contribution >= 4 is 17.5 Å². The lowest BCUT2D eigenvalue weighted by atomic mass is 9.93. The Morgan fingerprint density at radius 2 is 2.00 bits per heavy atom. The molecule has 0 spiro atoms. The van der Waals surface area contributed by atoms with Crippen LogP contribution in [0.5, 0.6) is 5.88 Å². The number of ether oxygens (including phenoxy) is 1. The molecule has 1 aromatic heterocycles. The average Bonchev–Trinajstić information content (AvgIpc) is 3.27. The van der Waals surface area contributed by atoms with E-state index in [9.17, 15) is 4.79 Å². The summed E-state index contributed by atoms with van der Waals surface area (Å²) in [5.74, 6) is 1.50. The van der Waals surface area contributed by atoms with Gasteiger partial charge >= 0.3 is 0 Å². The zero-order chi connectivity index (χ0) is 14.7. The minimum Gasteiger partial charge on any atom is -0.474 e. The molecule has 1 N–H and O–H groups in total. The molecule has 2 saturated carbocycles. The number of amides is 1. The fourth-order valence-electron chi connectivity index (χ4n) is 2.80. The lowest BCUT2D eigenvalue weighted by Gasteiger charge is -2.29. The van der Waals surface area contributed by atoms with E-state index < -0.39 is 0 Å². The fraction of sp³-hybridized carbons (Fsp3) is 0.625. The summed E-state index contributed by atoms with van der Waals surface area (Å²) in [6.45, 7) is 0. The Labute approximate surface area is 130 Å². The first-order valence-corrected chi connectivity index (χ1v) is 8.14. The fourth-order valence-corrected chi connectivity index (χ4v) is 2.91. The third-order valence-electron chi connectivity index (χ3n) is 4.20. The zero-order valence-corrected chi connectivity index (χ0v) is 12.8. The van der Waals surface area contributed by atoms with E-state index in [-0.39, 0.29) is 12.0 Å². The second-order valence-corrected chi connectivity index (χ2v) is 6.56. The molecule has 0 unspecified atom stereocenters. The molecule has 1 heterocycles. The second kappa shape index (κ2) is 6.65. The summed E-state index contributed by atoms with van der Waals surface area (Å²) in [5.41, 5.74) is 0. The van der Waals surface area contributed by atoms with Crippen LogP contribution in [0.25, 0.3) is 0 Å². The summed E-state index contributed by atoms with van der Waals surface area (Å²) in [6.07, 6.45) is 8.83. The van der Waals surface area contributed by atoms with Gasteiger partial charge in [0.1, 0.15) is 6.10 Å². The Hall–Kier alpha value is -1.29. The van der Waals surface area contributed by atoms with E-state index in [4.69, 9.17) is 16.3 Å². The maximum absolute atomic E-state index is 11.8. The van der Waals surface area contributed by atoms with E-state index in [2.05, 4.69) is 10.3 Å². The van der Waals surface area contributed by atoms with Gasteiger partial charge in [-0.3, -0.25) is 4.79 Å². The number of halogens is 1. The van der Waals surface area contributed by atoms with E-state index in [1.165, 1.54) is 12.8 Å². The lowest BCUT2D eigenvalue weighted by molar-refractivity contribution is -0.122. The summed E-state index contributed by atoms with van der Waals surface area (Å²) < 4.78 is 5.86. The molecule has 0 saturated heterocycles. The van der Waals surface area contributed by atoms with Gasteiger partial charge < -0.3 is 10.1 Å². The molecular weight excluding hydrogens is 288 g/mol.